The quantitative estimate of drug-likeness (QED) is 0.0169. The molecule has 0 aliphatic rings. The molecular formula is C76H144O17P2. The number of aliphatic hydroxyl groups excluding tert-OH is 1. The zero-order chi connectivity index (χ0) is 70.1. The highest BCUT2D eigenvalue weighted by atomic mass is 31.2. The fourth-order valence-electron chi connectivity index (χ4n) is 11.0. The molecule has 560 valence electrons. The Balaban J connectivity index is 5.28. The molecule has 0 aliphatic carbocycles. The Morgan fingerprint density at radius 2 is 0.621 bits per heavy atom. The van der Waals surface area contributed by atoms with E-state index in [1.807, 2.05) is 0 Å². The molecular weight excluding hydrogens is 1250 g/mol. The van der Waals surface area contributed by atoms with Gasteiger partial charge in [0.2, 0.25) is 0 Å². The summed E-state index contributed by atoms with van der Waals surface area (Å²) in [6, 6.07) is 0. The molecule has 4 unspecified atom stereocenters. The van der Waals surface area contributed by atoms with Gasteiger partial charge in [-0.3, -0.25) is 37.3 Å². The molecule has 0 aromatic rings. The molecule has 0 saturated carbocycles. The highest BCUT2D eigenvalue weighted by Crippen LogP contribution is 2.45. The zero-order valence-electron chi connectivity index (χ0n) is 61.6. The Morgan fingerprint density at radius 1 is 0.347 bits per heavy atom. The van der Waals surface area contributed by atoms with Crippen molar-refractivity contribution >= 4 is 39.5 Å². The van der Waals surface area contributed by atoms with Gasteiger partial charge in [0.1, 0.15) is 19.3 Å². The minimum absolute atomic E-state index is 0.0839. The smallest absolute Gasteiger partial charge is 0.462 e. The number of carbonyl (C=O) groups excluding carboxylic acids is 4. The van der Waals surface area contributed by atoms with Gasteiger partial charge in [0.05, 0.1) is 26.4 Å². The van der Waals surface area contributed by atoms with Gasteiger partial charge in [0, 0.05) is 25.7 Å². The van der Waals surface area contributed by atoms with E-state index in [0.717, 1.165) is 121 Å². The lowest BCUT2D eigenvalue weighted by Crippen LogP contribution is -2.30. The van der Waals surface area contributed by atoms with Crippen LogP contribution in [0.1, 0.15) is 363 Å². The molecule has 0 aromatic heterocycles. The summed E-state index contributed by atoms with van der Waals surface area (Å²) in [7, 11) is -9.93. The first kappa shape index (κ1) is 92.5. The Morgan fingerprint density at radius 3 is 0.937 bits per heavy atom. The highest BCUT2D eigenvalue weighted by Gasteiger charge is 2.30. The first-order chi connectivity index (χ1) is 45.8. The Bertz CT molecular complexity index is 1950. The molecule has 0 radical (unpaired) electrons. The predicted octanol–water partition coefficient (Wildman–Crippen LogP) is 21.7. The SMILES string of the molecule is CCCCCC/C=C\C=C/CCCCCCCC(=O)O[C@H](COC(=O)CCCCCCCCCC(C)C)COP(=O)(O)OCC(O)COP(=O)(O)OC[C@@H](COC(=O)CCCCCCCCCCC(C)CC)OC(=O)CCCCCCCCCCCCCCCCCC(C)C. The van der Waals surface area contributed by atoms with Crippen LogP contribution in [0.15, 0.2) is 24.3 Å². The molecule has 0 spiro atoms. The van der Waals surface area contributed by atoms with Gasteiger partial charge in [-0.15, -0.1) is 0 Å². The fraction of sp³-hybridized carbons (Fsp3) is 0.895. The van der Waals surface area contributed by atoms with Gasteiger partial charge in [0.25, 0.3) is 0 Å². The van der Waals surface area contributed by atoms with Crippen LogP contribution in [0.3, 0.4) is 0 Å². The van der Waals surface area contributed by atoms with Gasteiger partial charge in [-0.2, -0.15) is 0 Å². The maximum atomic E-state index is 13.1. The van der Waals surface area contributed by atoms with Crippen LogP contribution in [-0.4, -0.2) is 96.7 Å². The molecule has 0 amide bonds. The largest absolute Gasteiger partial charge is 0.472 e. The maximum absolute atomic E-state index is 13.1. The molecule has 0 fully saturated rings. The van der Waals surface area contributed by atoms with E-state index in [4.69, 9.17) is 37.0 Å². The summed E-state index contributed by atoms with van der Waals surface area (Å²) in [5, 5.41) is 10.6. The molecule has 0 bridgehead atoms. The number of hydrogen-bond donors (Lipinski definition) is 3. The van der Waals surface area contributed by atoms with Gasteiger partial charge in [0.15, 0.2) is 12.2 Å². The number of aliphatic hydroxyl groups is 1. The average molecular weight is 1390 g/mol. The number of unbranched alkanes of at least 4 members (excludes halogenated alkanes) is 36. The number of ether oxygens (including phenoxy) is 4. The van der Waals surface area contributed by atoms with Crippen molar-refractivity contribution in [3.8, 4) is 0 Å². The molecule has 0 saturated heterocycles. The molecule has 17 nitrogen and oxygen atoms in total. The summed E-state index contributed by atoms with van der Waals surface area (Å²) >= 11 is 0. The van der Waals surface area contributed by atoms with Gasteiger partial charge in [-0.1, -0.05) is 310 Å². The number of allylic oxidation sites excluding steroid dienone is 4. The van der Waals surface area contributed by atoms with Crippen molar-refractivity contribution in [2.24, 2.45) is 17.8 Å². The number of carbonyl (C=O) groups is 4. The molecule has 19 heteroatoms. The lowest BCUT2D eigenvalue weighted by atomic mass is 9.99. The lowest BCUT2D eigenvalue weighted by molar-refractivity contribution is -0.161. The van der Waals surface area contributed by atoms with Gasteiger partial charge >= 0.3 is 39.5 Å². The first-order valence-electron chi connectivity index (χ1n) is 38.7. The second-order valence-electron chi connectivity index (χ2n) is 27.9. The third-order valence-electron chi connectivity index (χ3n) is 17.4. The highest BCUT2D eigenvalue weighted by molar-refractivity contribution is 7.47. The van der Waals surface area contributed by atoms with Crippen molar-refractivity contribution in [1.29, 1.82) is 0 Å². The molecule has 3 N–H and O–H groups in total. The standard InChI is InChI=1S/C76H144O17P2/c1-8-10-11-12-13-14-15-16-18-22-25-28-37-45-52-59-76(81)93-72(64-87-74(79)58-51-44-39-32-34-41-48-55-68(5)6)66-91-95(84,85)89-62-70(77)61-88-94(82,83)90-65-71(63-86-73(78)57-50-43-36-31-30-35-42-49-56-69(7)9-2)92-75(80)60-53-46-38-29-26-23-20-17-19-21-24-27-33-40-47-54-67(3)4/h14-16,18,67-72,77H,8-13,17,19-66H2,1-7H3,(H,82,83)(H,84,85)/b15-14-,18-16-/t69?,70?,71-,72-/m1/s1. The number of phosphoric ester groups is 2. The zero-order valence-corrected chi connectivity index (χ0v) is 63.4. The van der Waals surface area contributed by atoms with Gasteiger partial charge in [-0.05, 0) is 69.1 Å². The molecule has 0 aromatic carbocycles. The van der Waals surface area contributed by atoms with Crippen molar-refractivity contribution in [2.75, 3.05) is 39.6 Å². The summed E-state index contributed by atoms with van der Waals surface area (Å²) in [6.45, 7) is 11.8. The fourth-order valence-corrected chi connectivity index (χ4v) is 12.6. The number of rotatable bonds is 72. The van der Waals surface area contributed by atoms with E-state index in [1.165, 1.54) is 154 Å². The summed E-state index contributed by atoms with van der Waals surface area (Å²) in [4.78, 5) is 72.8. The van der Waals surface area contributed by atoms with E-state index >= 15 is 0 Å². The van der Waals surface area contributed by atoms with Crippen LogP contribution in [0, 0.1) is 17.8 Å². The van der Waals surface area contributed by atoms with Crippen LogP contribution < -0.4 is 0 Å². The second-order valence-corrected chi connectivity index (χ2v) is 30.8. The van der Waals surface area contributed by atoms with E-state index in [9.17, 15) is 43.2 Å². The summed E-state index contributed by atoms with van der Waals surface area (Å²) in [6.07, 6.45) is 54.9. The van der Waals surface area contributed by atoms with E-state index < -0.39 is 97.5 Å². The van der Waals surface area contributed by atoms with Crippen LogP contribution >= 0.6 is 15.6 Å². The topological polar surface area (TPSA) is 237 Å². The van der Waals surface area contributed by atoms with E-state index in [2.05, 4.69) is 72.8 Å². The monoisotopic (exact) mass is 1390 g/mol. The number of phosphoric acid groups is 2. The van der Waals surface area contributed by atoms with Crippen molar-refractivity contribution in [3.63, 3.8) is 0 Å². The average Bonchev–Trinajstić information content (AvgIpc) is 1.88. The minimum Gasteiger partial charge on any atom is -0.462 e. The molecule has 0 heterocycles. The van der Waals surface area contributed by atoms with E-state index in [0.29, 0.717) is 31.6 Å². The van der Waals surface area contributed by atoms with E-state index in [1.54, 1.807) is 0 Å². The summed E-state index contributed by atoms with van der Waals surface area (Å²) < 4.78 is 68.5. The van der Waals surface area contributed by atoms with Gasteiger partial charge in [-0.25, -0.2) is 9.13 Å². The first-order valence-corrected chi connectivity index (χ1v) is 41.7. The minimum atomic E-state index is -4.96. The van der Waals surface area contributed by atoms with Crippen molar-refractivity contribution < 1.29 is 80.2 Å². The van der Waals surface area contributed by atoms with Crippen LogP contribution in [0.4, 0.5) is 0 Å². The van der Waals surface area contributed by atoms with Crippen molar-refractivity contribution in [3.05, 3.63) is 24.3 Å². The van der Waals surface area contributed by atoms with Crippen molar-refractivity contribution in [1.82, 2.24) is 0 Å². The van der Waals surface area contributed by atoms with E-state index in [-0.39, 0.29) is 25.7 Å². The maximum Gasteiger partial charge on any atom is 0.472 e. The Labute approximate surface area is 580 Å². The van der Waals surface area contributed by atoms with Crippen LogP contribution in [0.5, 0.6) is 0 Å². The molecule has 95 heavy (non-hydrogen) atoms. The number of hydrogen-bond acceptors (Lipinski definition) is 15. The second kappa shape index (κ2) is 66.1. The van der Waals surface area contributed by atoms with Crippen LogP contribution in [0.25, 0.3) is 0 Å². The third kappa shape index (κ3) is 68.5. The number of esters is 4. The van der Waals surface area contributed by atoms with Crippen LogP contribution in [-0.2, 0) is 65.4 Å². The Kier molecular flexibility index (Phi) is 64.4. The van der Waals surface area contributed by atoms with Crippen molar-refractivity contribution in [2.45, 2.75) is 381 Å². The molecule has 0 aliphatic heterocycles. The lowest BCUT2D eigenvalue weighted by Gasteiger charge is -2.21. The molecule has 0 rings (SSSR count). The summed E-state index contributed by atoms with van der Waals surface area (Å²) in [5.41, 5.74) is 0. The van der Waals surface area contributed by atoms with Crippen LogP contribution in [0.2, 0.25) is 0 Å². The predicted molar refractivity (Wildman–Crippen MR) is 386 cm³/mol. The third-order valence-corrected chi connectivity index (χ3v) is 19.3. The summed E-state index contributed by atoms with van der Waals surface area (Å²) in [5.74, 6) is 0.129. The normalized spacial score (nSPS) is 14.5. The van der Waals surface area contributed by atoms with Gasteiger partial charge < -0.3 is 33.8 Å². The Hall–Kier alpha value is -2.46. The molecule has 6 atom stereocenters.